The Morgan fingerprint density at radius 1 is 1.16 bits per heavy atom. The topological polar surface area (TPSA) is 24.5 Å². The molecule has 2 aliphatic heterocycles. The van der Waals surface area contributed by atoms with Crippen LogP contribution in [0.1, 0.15) is 24.8 Å². The zero-order valence-corrected chi connectivity index (χ0v) is 11.3. The van der Waals surface area contributed by atoms with Gasteiger partial charge in [0.25, 0.3) is 0 Å². The predicted octanol–water partition coefficient (Wildman–Crippen LogP) is 1.82. The first kappa shape index (κ1) is 11.7. The average Bonchev–Trinajstić information content (AvgIpc) is 2.97. The summed E-state index contributed by atoms with van der Waals surface area (Å²) in [5, 5.41) is 3.74. The van der Waals surface area contributed by atoms with Crippen LogP contribution < -0.4 is 10.1 Å². The third-order valence-corrected chi connectivity index (χ3v) is 4.50. The summed E-state index contributed by atoms with van der Waals surface area (Å²) in [6.07, 6.45) is 5.51. The van der Waals surface area contributed by atoms with E-state index in [1.807, 2.05) is 0 Å². The minimum atomic E-state index is 0.358. The van der Waals surface area contributed by atoms with E-state index in [0.717, 1.165) is 30.8 Å². The van der Waals surface area contributed by atoms with Gasteiger partial charge in [-0.05, 0) is 37.4 Å². The van der Waals surface area contributed by atoms with E-state index < -0.39 is 0 Å². The molecule has 0 bridgehead atoms. The van der Waals surface area contributed by atoms with Crippen molar-refractivity contribution in [3.8, 4) is 5.75 Å². The fraction of sp³-hybridized carbons (Fsp3) is 0.625. The third kappa shape index (κ3) is 2.63. The van der Waals surface area contributed by atoms with Gasteiger partial charge in [-0.15, -0.1) is 0 Å². The highest BCUT2D eigenvalue weighted by atomic mass is 16.5. The highest BCUT2D eigenvalue weighted by Crippen LogP contribution is 2.29. The summed E-state index contributed by atoms with van der Waals surface area (Å²) in [5.41, 5.74) is 1.37. The van der Waals surface area contributed by atoms with Crippen LogP contribution in [0, 0.1) is 0 Å². The summed E-state index contributed by atoms with van der Waals surface area (Å²) in [4.78, 5) is 2.57. The van der Waals surface area contributed by atoms with Gasteiger partial charge in [0.1, 0.15) is 11.9 Å². The van der Waals surface area contributed by atoms with Gasteiger partial charge >= 0.3 is 0 Å². The van der Waals surface area contributed by atoms with Crippen molar-refractivity contribution in [2.45, 2.75) is 43.9 Å². The minimum Gasteiger partial charge on any atom is -0.488 e. The van der Waals surface area contributed by atoms with Gasteiger partial charge in [0.05, 0.1) is 0 Å². The third-order valence-electron chi connectivity index (χ3n) is 4.50. The highest BCUT2D eigenvalue weighted by Gasteiger charge is 2.31. The average molecular weight is 258 g/mol. The summed E-state index contributed by atoms with van der Waals surface area (Å²) in [5.74, 6) is 1.10. The standard InChI is InChI=1S/C16H22N2O/c1-2-4-16-12(3-1)9-15(19-16)11-18-8-7-14(10-18)17-13-5-6-13/h1-4,13-15,17H,5-11H2. The zero-order valence-electron chi connectivity index (χ0n) is 11.3. The molecule has 3 heteroatoms. The molecule has 2 unspecified atom stereocenters. The summed E-state index contributed by atoms with van der Waals surface area (Å²) >= 11 is 0. The molecule has 2 fully saturated rings. The highest BCUT2D eigenvalue weighted by molar-refractivity contribution is 5.37. The second kappa shape index (κ2) is 4.80. The molecule has 102 valence electrons. The maximum atomic E-state index is 6.04. The van der Waals surface area contributed by atoms with Crippen LogP contribution >= 0.6 is 0 Å². The van der Waals surface area contributed by atoms with Gasteiger partial charge in [0, 0.05) is 31.6 Å². The number of nitrogens with zero attached hydrogens (tertiary/aromatic N) is 1. The van der Waals surface area contributed by atoms with Crippen LogP contribution in [0.5, 0.6) is 5.75 Å². The van der Waals surface area contributed by atoms with E-state index in [0.29, 0.717) is 6.10 Å². The van der Waals surface area contributed by atoms with Gasteiger partial charge in [-0.1, -0.05) is 18.2 Å². The molecule has 2 atom stereocenters. The number of para-hydroxylation sites is 1. The van der Waals surface area contributed by atoms with Crippen molar-refractivity contribution in [3.05, 3.63) is 29.8 Å². The molecule has 1 aromatic carbocycles. The van der Waals surface area contributed by atoms with E-state index in [4.69, 9.17) is 4.74 Å². The summed E-state index contributed by atoms with van der Waals surface area (Å²) < 4.78 is 6.04. The molecule has 0 radical (unpaired) electrons. The Balaban J connectivity index is 1.29. The summed E-state index contributed by atoms with van der Waals surface area (Å²) in [6.45, 7) is 3.50. The largest absolute Gasteiger partial charge is 0.488 e. The molecule has 2 heterocycles. The van der Waals surface area contributed by atoms with Crippen molar-refractivity contribution in [2.75, 3.05) is 19.6 Å². The van der Waals surface area contributed by atoms with Crippen molar-refractivity contribution in [1.82, 2.24) is 10.2 Å². The normalized spacial score (nSPS) is 30.3. The van der Waals surface area contributed by atoms with Crippen molar-refractivity contribution >= 4 is 0 Å². The van der Waals surface area contributed by atoms with E-state index in [1.54, 1.807) is 0 Å². The molecule has 1 aliphatic carbocycles. The lowest BCUT2D eigenvalue weighted by atomic mass is 10.1. The Labute approximate surface area is 114 Å². The molecule has 0 spiro atoms. The van der Waals surface area contributed by atoms with Crippen molar-refractivity contribution in [2.24, 2.45) is 0 Å². The molecule has 3 aliphatic rings. The number of rotatable bonds is 4. The molecule has 0 aromatic heterocycles. The lowest BCUT2D eigenvalue weighted by Gasteiger charge is -2.20. The lowest BCUT2D eigenvalue weighted by Crippen LogP contribution is -2.37. The van der Waals surface area contributed by atoms with Gasteiger partial charge in [-0.25, -0.2) is 0 Å². The van der Waals surface area contributed by atoms with E-state index in [9.17, 15) is 0 Å². The van der Waals surface area contributed by atoms with Crippen LogP contribution in [-0.2, 0) is 6.42 Å². The van der Waals surface area contributed by atoms with Crippen LogP contribution in [0.25, 0.3) is 0 Å². The molecular weight excluding hydrogens is 236 g/mol. The van der Waals surface area contributed by atoms with Crippen molar-refractivity contribution in [1.29, 1.82) is 0 Å². The number of ether oxygens (including phenoxy) is 1. The fourth-order valence-corrected chi connectivity index (χ4v) is 3.36. The van der Waals surface area contributed by atoms with Crippen LogP contribution in [-0.4, -0.2) is 42.7 Å². The molecule has 0 amide bonds. The van der Waals surface area contributed by atoms with Crippen LogP contribution in [0.4, 0.5) is 0 Å². The maximum Gasteiger partial charge on any atom is 0.123 e. The number of likely N-dealkylation sites (tertiary alicyclic amines) is 1. The van der Waals surface area contributed by atoms with E-state index in [2.05, 4.69) is 34.5 Å². The molecule has 1 saturated heterocycles. The number of nitrogens with one attached hydrogen (secondary N) is 1. The van der Waals surface area contributed by atoms with E-state index in [-0.39, 0.29) is 0 Å². The smallest absolute Gasteiger partial charge is 0.123 e. The van der Waals surface area contributed by atoms with E-state index >= 15 is 0 Å². The lowest BCUT2D eigenvalue weighted by molar-refractivity contribution is 0.166. The van der Waals surface area contributed by atoms with Crippen molar-refractivity contribution in [3.63, 3.8) is 0 Å². The number of hydrogen-bond donors (Lipinski definition) is 1. The molecule has 1 saturated carbocycles. The quantitative estimate of drug-likeness (QED) is 0.891. The Morgan fingerprint density at radius 2 is 2.05 bits per heavy atom. The van der Waals surface area contributed by atoms with Crippen molar-refractivity contribution < 1.29 is 4.74 Å². The monoisotopic (exact) mass is 258 g/mol. The molecular formula is C16H22N2O. The summed E-state index contributed by atoms with van der Waals surface area (Å²) in [6, 6.07) is 10.0. The minimum absolute atomic E-state index is 0.358. The van der Waals surface area contributed by atoms with Gasteiger partial charge in [0.15, 0.2) is 0 Å². The molecule has 3 nitrogen and oxygen atoms in total. The second-order valence-corrected chi connectivity index (χ2v) is 6.24. The van der Waals surface area contributed by atoms with Crippen LogP contribution in [0.2, 0.25) is 0 Å². The first-order valence-electron chi connectivity index (χ1n) is 7.60. The van der Waals surface area contributed by atoms with Gasteiger partial charge in [-0.3, -0.25) is 4.90 Å². The maximum absolute atomic E-state index is 6.04. The van der Waals surface area contributed by atoms with E-state index in [1.165, 1.54) is 37.9 Å². The van der Waals surface area contributed by atoms with Crippen LogP contribution in [0.15, 0.2) is 24.3 Å². The zero-order chi connectivity index (χ0) is 12.7. The Morgan fingerprint density at radius 3 is 2.89 bits per heavy atom. The van der Waals surface area contributed by atoms with Gasteiger partial charge in [0.2, 0.25) is 0 Å². The Kier molecular flexibility index (Phi) is 2.97. The first-order chi connectivity index (χ1) is 9.37. The van der Waals surface area contributed by atoms with Crippen LogP contribution in [0.3, 0.4) is 0 Å². The summed E-state index contributed by atoms with van der Waals surface area (Å²) in [7, 11) is 0. The molecule has 1 aromatic rings. The fourth-order valence-electron chi connectivity index (χ4n) is 3.36. The number of benzene rings is 1. The Bertz CT molecular complexity index is 433. The number of hydrogen-bond acceptors (Lipinski definition) is 3. The molecule has 4 rings (SSSR count). The first-order valence-corrected chi connectivity index (χ1v) is 7.60. The molecule has 19 heavy (non-hydrogen) atoms. The SMILES string of the molecule is c1ccc2c(c1)CC(CN1CCC(NC3CC3)C1)O2. The second-order valence-electron chi connectivity index (χ2n) is 6.24. The van der Waals surface area contributed by atoms with Gasteiger partial charge < -0.3 is 10.1 Å². The van der Waals surface area contributed by atoms with Gasteiger partial charge in [-0.2, -0.15) is 0 Å². The molecule has 1 N–H and O–H groups in total. The predicted molar refractivity (Wildman–Crippen MR) is 75.6 cm³/mol. The number of fused-ring (bicyclic) bond motifs is 1. The Hall–Kier alpha value is -1.06.